The molecule has 0 unspecified atom stereocenters. The lowest BCUT2D eigenvalue weighted by Crippen LogP contribution is -2.52. The van der Waals surface area contributed by atoms with E-state index in [9.17, 15) is 19.2 Å². The van der Waals surface area contributed by atoms with Crippen LogP contribution in [0.15, 0.2) is 42.5 Å². The monoisotopic (exact) mass is 400 g/mol. The maximum atomic E-state index is 12.9. The van der Waals surface area contributed by atoms with Crippen LogP contribution >= 0.6 is 0 Å². The second-order valence-electron chi connectivity index (χ2n) is 6.25. The van der Waals surface area contributed by atoms with E-state index in [0.717, 1.165) is 5.39 Å². The molecule has 2 rings (SSSR count). The second-order valence-corrected chi connectivity index (χ2v) is 6.25. The van der Waals surface area contributed by atoms with Crippen LogP contribution in [0.25, 0.3) is 10.8 Å². The lowest BCUT2D eigenvalue weighted by Gasteiger charge is -2.24. The van der Waals surface area contributed by atoms with Gasteiger partial charge in [0.15, 0.2) is 0 Å². The van der Waals surface area contributed by atoms with Gasteiger partial charge in [0.2, 0.25) is 5.91 Å². The molecule has 2 aromatic carbocycles. The van der Waals surface area contributed by atoms with Crippen molar-refractivity contribution < 1.29 is 28.7 Å². The van der Waals surface area contributed by atoms with Crippen molar-refractivity contribution in [1.29, 1.82) is 0 Å². The third-order valence-corrected chi connectivity index (χ3v) is 4.31. The normalized spacial score (nSPS) is 12.6. The zero-order valence-electron chi connectivity index (χ0n) is 16.3. The van der Waals surface area contributed by atoms with Crippen molar-refractivity contribution in [3.8, 4) is 0 Å². The van der Waals surface area contributed by atoms with Crippen LogP contribution in [0.4, 0.5) is 0 Å². The summed E-state index contributed by atoms with van der Waals surface area (Å²) in [6.45, 7) is 3.36. The van der Waals surface area contributed by atoms with Gasteiger partial charge in [0.25, 0.3) is 5.91 Å². The number of amides is 2. The molecule has 3 N–H and O–H groups in total. The van der Waals surface area contributed by atoms with Crippen molar-refractivity contribution in [2.75, 3.05) is 13.2 Å². The number of benzene rings is 2. The predicted octanol–water partition coefficient (Wildman–Crippen LogP) is 1.56. The number of esters is 2. The number of fused-ring (bicyclic) bond motifs is 1. The number of nitrogens with one attached hydrogen (secondary N) is 1. The number of nitrogens with two attached hydrogens (primary N) is 1. The van der Waals surface area contributed by atoms with Gasteiger partial charge in [-0.25, -0.2) is 0 Å². The number of carbonyl (C=O) groups is 4. The van der Waals surface area contributed by atoms with Crippen LogP contribution < -0.4 is 11.1 Å². The summed E-state index contributed by atoms with van der Waals surface area (Å²) in [5.41, 5.74) is 5.76. The largest absolute Gasteiger partial charge is 0.466 e. The van der Waals surface area contributed by atoms with Gasteiger partial charge in [-0.15, -0.1) is 0 Å². The van der Waals surface area contributed by atoms with Crippen molar-refractivity contribution in [2.45, 2.75) is 26.3 Å². The summed E-state index contributed by atoms with van der Waals surface area (Å²) in [4.78, 5) is 49.2. The smallest absolute Gasteiger partial charge is 0.312 e. The van der Waals surface area contributed by atoms with E-state index < -0.39 is 42.1 Å². The lowest BCUT2D eigenvalue weighted by molar-refractivity contribution is -0.156. The molecule has 154 valence electrons. The topological polar surface area (TPSA) is 125 Å². The Labute approximate surface area is 168 Å². The summed E-state index contributed by atoms with van der Waals surface area (Å²) in [5, 5.41) is 4.00. The van der Waals surface area contributed by atoms with Gasteiger partial charge in [0, 0.05) is 5.56 Å². The Morgan fingerprint density at radius 2 is 1.62 bits per heavy atom. The van der Waals surface area contributed by atoms with Crippen LogP contribution in [-0.4, -0.2) is 43.0 Å². The van der Waals surface area contributed by atoms with Crippen molar-refractivity contribution >= 4 is 34.5 Å². The highest BCUT2D eigenvalue weighted by molar-refractivity contribution is 6.08. The van der Waals surface area contributed by atoms with E-state index in [2.05, 4.69) is 5.32 Å². The molecule has 29 heavy (non-hydrogen) atoms. The minimum atomic E-state index is -1.44. The molecule has 0 aromatic heterocycles. The standard InChI is InChI=1S/C21H24N2O6/c1-3-28-17(24)12-16(21(27)29-4-2)18(19(22)25)23-20(26)15-11-7-9-13-8-5-6-10-14(13)15/h5-11,16,18H,3-4,12H2,1-2H3,(H2,22,25)(H,23,26)/t16-,18+/m1/s1. The summed E-state index contributed by atoms with van der Waals surface area (Å²) in [7, 11) is 0. The quantitative estimate of drug-likeness (QED) is 0.616. The molecule has 0 saturated carbocycles. The average Bonchev–Trinajstić information content (AvgIpc) is 2.70. The Balaban J connectivity index is 2.33. The molecule has 2 amide bonds. The lowest BCUT2D eigenvalue weighted by atomic mass is 9.94. The van der Waals surface area contributed by atoms with Gasteiger partial charge >= 0.3 is 11.9 Å². The Morgan fingerprint density at radius 1 is 0.966 bits per heavy atom. The zero-order chi connectivity index (χ0) is 21.4. The van der Waals surface area contributed by atoms with E-state index in [-0.39, 0.29) is 13.2 Å². The minimum Gasteiger partial charge on any atom is -0.466 e. The summed E-state index contributed by atoms with van der Waals surface area (Å²) in [6, 6.07) is 11.0. The molecule has 0 fully saturated rings. The van der Waals surface area contributed by atoms with Crippen LogP contribution in [0.2, 0.25) is 0 Å². The maximum absolute atomic E-state index is 12.9. The molecule has 0 heterocycles. The van der Waals surface area contributed by atoms with Crippen molar-refractivity contribution in [1.82, 2.24) is 5.32 Å². The Kier molecular flexibility index (Phi) is 7.70. The summed E-state index contributed by atoms with van der Waals surface area (Å²) in [5.74, 6) is -4.37. The molecular formula is C21H24N2O6. The molecule has 8 heteroatoms. The highest BCUT2D eigenvalue weighted by Crippen LogP contribution is 2.20. The van der Waals surface area contributed by atoms with Crippen LogP contribution in [0.3, 0.4) is 0 Å². The molecule has 0 bridgehead atoms. The zero-order valence-corrected chi connectivity index (χ0v) is 16.3. The first-order chi connectivity index (χ1) is 13.9. The van der Waals surface area contributed by atoms with E-state index in [0.29, 0.717) is 10.9 Å². The molecule has 2 aromatic rings. The Morgan fingerprint density at radius 3 is 2.28 bits per heavy atom. The molecule has 2 atom stereocenters. The van der Waals surface area contributed by atoms with Crippen LogP contribution in [0.5, 0.6) is 0 Å². The number of carbonyl (C=O) groups excluding carboxylic acids is 4. The van der Waals surface area contributed by atoms with Gasteiger partial charge in [-0.2, -0.15) is 0 Å². The summed E-state index contributed by atoms with van der Waals surface area (Å²) >= 11 is 0. The first kappa shape index (κ1) is 21.9. The van der Waals surface area contributed by atoms with Crippen molar-refractivity contribution in [2.24, 2.45) is 11.7 Å². The van der Waals surface area contributed by atoms with Crippen molar-refractivity contribution in [3.63, 3.8) is 0 Å². The number of rotatable bonds is 9. The van der Waals surface area contributed by atoms with Crippen LogP contribution in [0, 0.1) is 5.92 Å². The number of ether oxygens (including phenoxy) is 2. The first-order valence-electron chi connectivity index (χ1n) is 9.29. The second kappa shape index (κ2) is 10.2. The van der Waals surface area contributed by atoms with Crippen molar-refractivity contribution in [3.05, 3.63) is 48.0 Å². The van der Waals surface area contributed by atoms with Gasteiger partial charge in [-0.3, -0.25) is 19.2 Å². The fourth-order valence-corrected chi connectivity index (χ4v) is 3.00. The molecule has 8 nitrogen and oxygen atoms in total. The average molecular weight is 400 g/mol. The van der Waals surface area contributed by atoms with E-state index in [1.54, 1.807) is 38.1 Å². The van der Waals surface area contributed by atoms with E-state index in [1.807, 2.05) is 18.2 Å². The molecule has 0 radical (unpaired) electrons. The van der Waals surface area contributed by atoms with Crippen LogP contribution in [-0.2, 0) is 23.9 Å². The Bertz CT molecular complexity index is 906. The molecule has 0 aliphatic carbocycles. The van der Waals surface area contributed by atoms with Gasteiger partial charge < -0.3 is 20.5 Å². The van der Waals surface area contributed by atoms with Crippen LogP contribution in [0.1, 0.15) is 30.6 Å². The van der Waals surface area contributed by atoms with E-state index in [1.165, 1.54) is 0 Å². The highest BCUT2D eigenvalue weighted by atomic mass is 16.5. The Hall–Kier alpha value is -3.42. The third kappa shape index (κ3) is 5.54. The van der Waals surface area contributed by atoms with Gasteiger partial charge in [-0.1, -0.05) is 36.4 Å². The number of hydrogen-bond donors (Lipinski definition) is 2. The summed E-state index contributed by atoms with van der Waals surface area (Å²) < 4.78 is 9.83. The third-order valence-electron chi connectivity index (χ3n) is 4.31. The maximum Gasteiger partial charge on any atom is 0.312 e. The molecule has 0 aliphatic heterocycles. The van der Waals surface area contributed by atoms with E-state index in [4.69, 9.17) is 15.2 Å². The predicted molar refractivity (Wildman–Crippen MR) is 106 cm³/mol. The van der Waals surface area contributed by atoms with E-state index >= 15 is 0 Å². The molecule has 0 aliphatic rings. The molecular weight excluding hydrogens is 376 g/mol. The molecule has 0 saturated heterocycles. The number of hydrogen-bond acceptors (Lipinski definition) is 6. The highest BCUT2D eigenvalue weighted by Gasteiger charge is 2.37. The van der Waals surface area contributed by atoms with Gasteiger partial charge in [0.05, 0.1) is 25.6 Å². The first-order valence-corrected chi connectivity index (χ1v) is 9.29. The number of primary amides is 1. The fraction of sp³-hybridized carbons (Fsp3) is 0.333. The van der Waals surface area contributed by atoms with Gasteiger partial charge in [0.1, 0.15) is 6.04 Å². The molecule has 0 spiro atoms. The minimum absolute atomic E-state index is 0.0426. The summed E-state index contributed by atoms with van der Waals surface area (Å²) in [6.07, 6.45) is -0.448. The van der Waals surface area contributed by atoms with Gasteiger partial charge in [-0.05, 0) is 30.7 Å². The fourth-order valence-electron chi connectivity index (χ4n) is 3.00. The SMILES string of the molecule is CCOC(=O)C[C@@H](C(=O)OCC)[C@H](NC(=O)c1cccc2ccccc12)C(N)=O.